The van der Waals surface area contributed by atoms with E-state index in [1.807, 2.05) is 0 Å². The maximum Gasteiger partial charge on any atom is 0.119 e. The van der Waals surface area contributed by atoms with Crippen molar-refractivity contribution in [3.05, 3.63) is 29.3 Å². The summed E-state index contributed by atoms with van der Waals surface area (Å²) in [6.07, 6.45) is 8.39. The van der Waals surface area contributed by atoms with E-state index in [4.69, 9.17) is 4.74 Å². The molecule has 2 atom stereocenters. The Morgan fingerprint density at radius 3 is 2.88 bits per heavy atom. The monoisotopic (exact) mass is 216 g/mol. The minimum absolute atomic E-state index is 0.850. The summed E-state index contributed by atoms with van der Waals surface area (Å²) in [6, 6.07) is 6.70. The molecule has 0 aromatic heterocycles. The Morgan fingerprint density at radius 1 is 1.12 bits per heavy atom. The van der Waals surface area contributed by atoms with Gasteiger partial charge in [0.05, 0.1) is 7.11 Å². The smallest absolute Gasteiger partial charge is 0.119 e. The number of rotatable bonds is 1. The normalized spacial score (nSPS) is 28.1. The molecule has 2 aliphatic carbocycles. The summed E-state index contributed by atoms with van der Waals surface area (Å²) in [5.74, 6) is 2.84. The van der Waals surface area contributed by atoms with Gasteiger partial charge in [-0.15, -0.1) is 0 Å². The number of methoxy groups -OCH3 is 1. The molecule has 2 aliphatic rings. The van der Waals surface area contributed by atoms with E-state index in [9.17, 15) is 0 Å². The van der Waals surface area contributed by atoms with Crippen LogP contribution in [0, 0.1) is 5.92 Å². The van der Waals surface area contributed by atoms with Gasteiger partial charge in [0.1, 0.15) is 5.75 Å². The number of fused-ring (bicyclic) bond motifs is 3. The van der Waals surface area contributed by atoms with Gasteiger partial charge in [-0.3, -0.25) is 0 Å². The Hall–Kier alpha value is -0.980. The van der Waals surface area contributed by atoms with Crippen LogP contribution in [0.25, 0.3) is 0 Å². The van der Waals surface area contributed by atoms with Crippen LogP contribution in [0.15, 0.2) is 18.2 Å². The second kappa shape index (κ2) is 4.12. The van der Waals surface area contributed by atoms with E-state index < -0.39 is 0 Å². The standard InChI is InChI=1S/C15H20O/c1-16-13-8-9-15-12(10-13)7-6-11-4-2-3-5-14(11)15/h8-11,14H,2-7H2,1H3/t11-,14+/m1/s1. The summed E-state index contributed by atoms with van der Waals surface area (Å²) in [7, 11) is 1.76. The Morgan fingerprint density at radius 2 is 2.00 bits per heavy atom. The molecule has 3 rings (SSSR count). The highest BCUT2D eigenvalue weighted by Gasteiger charge is 2.31. The molecule has 0 N–H and O–H groups in total. The van der Waals surface area contributed by atoms with Gasteiger partial charge in [-0.1, -0.05) is 18.9 Å². The first-order valence-corrected chi connectivity index (χ1v) is 6.55. The molecule has 0 amide bonds. The maximum absolute atomic E-state index is 5.32. The number of hydrogen-bond acceptors (Lipinski definition) is 1. The summed E-state index contributed by atoms with van der Waals surface area (Å²) < 4.78 is 5.32. The molecule has 1 nitrogen and oxygen atoms in total. The van der Waals surface area contributed by atoms with Gasteiger partial charge in [0, 0.05) is 0 Å². The minimum atomic E-state index is 0.850. The Balaban J connectivity index is 1.96. The van der Waals surface area contributed by atoms with Gasteiger partial charge in [0.15, 0.2) is 0 Å². The molecule has 1 saturated carbocycles. The molecule has 0 aliphatic heterocycles. The summed E-state index contributed by atoms with van der Waals surface area (Å²) in [6.45, 7) is 0. The van der Waals surface area contributed by atoms with Gasteiger partial charge in [-0.25, -0.2) is 0 Å². The Bertz CT molecular complexity index is 383. The molecule has 0 radical (unpaired) electrons. The molecule has 0 bridgehead atoms. The summed E-state index contributed by atoms with van der Waals surface area (Å²) in [5.41, 5.74) is 3.17. The zero-order valence-corrected chi connectivity index (χ0v) is 10.0. The molecule has 16 heavy (non-hydrogen) atoms. The highest BCUT2D eigenvalue weighted by molar-refractivity contribution is 5.40. The van der Waals surface area contributed by atoms with E-state index in [0.717, 1.165) is 17.6 Å². The van der Waals surface area contributed by atoms with Crippen molar-refractivity contribution in [3.8, 4) is 5.75 Å². The van der Waals surface area contributed by atoms with Crippen molar-refractivity contribution >= 4 is 0 Å². The maximum atomic E-state index is 5.32. The summed E-state index contributed by atoms with van der Waals surface area (Å²) >= 11 is 0. The van der Waals surface area contributed by atoms with Gasteiger partial charge in [0.25, 0.3) is 0 Å². The Kier molecular flexibility index (Phi) is 2.62. The lowest BCUT2D eigenvalue weighted by molar-refractivity contribution is 0.275. The zero-order chi connectivity index (χ0) is 11.0. The number of ether oxygens (including phenoxy) is 1. The van der Waals surface area contributed by atoms with Gasteiger partial charge in [0.2, 0.25) is 0 Å². The molecule has 1 aromatic rings. The summed E-state index contributed by atoms with van der Waals surface area (Å²) in [5, 5.41) is 0. The fourth-order valence-corrected chi connectivity index (χ4v) is 3.59. The van der Waals surface area contributed by atoms with Crippen LogP contribution >= 0.6 is 0 Å². The van der Waals surface area contributed by atoms with Crippen molar-refractivity contribution in [1.82, 2.24) is 0 Å². The zero-order valence-electron chi connectivity index (χ0n) is 10.0. The Labute approximate surface area is 97.8 Å². The van der Waals surface area contributed by atoms with Gasteiger partial charge in [-0.2, -0.15) is 0 Å². The van der Waals surface area contributed by atoms with E-state index in [0.29, 0.717) is 0 Å². The van der Waals surface area contributed by atoms with Crippen LogP contribution in [0.1, 0.15) is 49.1 Å². The molecular formula is C15H20O. The third-order valence-corrected chi connectivity index (χ3v) is 4.44. The quantitative estimate of drug-likeness (QED) is 0.691. The topological polar surface area (TPSA) is 9.23 Å². The number of hydrogen-bond donors (Lipinski definition) is 0. The first-order chi connectivity index (χ1) is 7.88. The molecule has 0 heterocycles. The first-order valence-electron chi connectivity index (χ1n) is 6.55. The van der Waals surface area contributed by atoms with Crippen LogP contribution < -0.4 is 4.74 Å². The highest BCUT2D eigenvalue weighted by atomic mass is 16.5. The van der Waals surface area contributed by atoms with E-state index >= 15 is 0 Å². The number of benzene rings is 1. The van der Waals surface area contributed by atoms with Crippen LogP contribution in [0.4, 0.5) is 0 Å². The predicted octanol–water partition coefficient (Wildman–Crippen LogP) is 3.92. The SMILES string of the molecule is COc1ccc2c(c1)CC[C@H]1CCCC[C@H]21. The van der Waals surface area contributed by atoms with Crippen LogP contribution in [0.5, 0.6) is 5.75 Å². The fourth-order valence-electron chi connectivity index (χ4n) is 3.59. The van der Waals surface area contributed by atoms with Crippen molar-refractivity contribution < 1.29 is 4.74 Å². The molecule has 1 aromatic carbocycles. The van der Waals surface area contributed by atoms with Crippen LogP contribution in [0.3, 0.4) is 0 Å². The molecule has 1 fully saturated rings. The molecule has 0 saturated heterocycles. The molecular weight excluding hydrogens is 196 g/mol. The van der Waals surface area contributed by atoms with E-state index in [-0.39, 0.29) is 0 Å². The lowest BCUT2D eigenvalue weighted by atomic mass is 9.68. The third-order valence-electron chi connectivity index (χ3n) is 4.44. The minimum Gasteiger partial charge on any atom is -0.497 e. The van der Waals surface area contributed by atoms with Crippen molar-refractivity contribution in [2.45, 2.75) is 44.4 Å². The predicted molar refractivity (Wildman–Crippen MR) is 66.0 cm³/mol. The van der Waals surface area contributed by atoms with Crippen LogP contribution in [0.2, 0.25) is 0 Å². The average molecular weight is 216 g/mol. The molecule has 0 unspecified atom stereocenters. The summed E-state index contributed by atoms with van der Waals surface area (Å²) in [4.78, 5) is 0. The van der Waals surface area contributed by atoms with Gasteiger partial charge in [-0.05, 0) is 60.8 Å². The number of aryl methyl sites for hydroxylation is 1. The van der Waals surface area contributed by atoms with Crippen molar-refractivity contribution in [1.29, 1.82) is 0 Å². The second-order valence-electron chi connectivity index (χ2n) is 5.25. The second-order valence-corrected chi connectivity index (χ2v) is 5.25. The van der Waals surface area contributed by atoms with E-state index in [2.05, 4.69) is 18.2 Å². The van der Waals surface area contributed by atoms with Crippen molar-refractivity contribution in [3.63, 3.8) is 0 Å². The lowest BCUT2D eigenvalue weighted by Crippen LogP contribution is -2.23. The molecule has 1 heteroatoms. The van der Waals surface area contributed by atoms with Gasteiger partial charge < -0.3 is 4.74 Å². The van der Waals surface area contributed by atoms with E-state index in [1.54, 1.807) is 18.2 Å². The van der Waals surface area contributed by atoms with Crippen molar-refractivity contribution in [2.75, 3.05) is 7.11 Å². The highest BCUT2D eigenvalue weighted by Crippen LogP contribution is 2.45. The van der Waals surface area contributed by atoms with Crippen molar-refractivity contribution in [2.24, 2.45) is 5.92 Å². The van der Waals surface area contributed by atoms with Gasteiger partial charge >= 0.3 is 0 Å². The average Bonchev–Trinajstić information content (AvgIpc) is 2.38. The fraction of sp³-hybridized carbons (Fsp3) is 0.600. The van der Waals surface area contributed by atoms with E-state index in [1.165, 1.54) is 38.5 Å². The third kappa shape index (κ3) is 1.63. The lowest BCUT2D eigenvalue weighted by Gasteiger charge is -2.37. The van der Waals surface area contributed by atoms with Crippen LogP contribution in [-0.4, -0.2) is 7.11 Å². The first kappa shape index (κ1) is 10.2. The largest absolute Gasteiger partial charge is 0.497 e. The molecule has 0 spiro atoms. The molecule has 86 valence electrons. The van der Waals surface area contributed by atoms with Crippen LogP contribution in [-0.2, 0) is 6.42 Å².